The Morgan fingerprint density at radius 1 is 1.12 bits per heavy atom. The predicted molar refractivity (Wildman–Crippen MR) is 123 cm³/mol. The van der Waals surface area contributed by atoms with Gasteiger partial charge in [0.1, 0.15) is 18.2 Å². The summed E-state index contributed by atoms with van der Waals surface area (Å²) in [7, 11) is 1.55. The first-order valence-corrected chi connectivity index (χ1v) is 10.3. The van der Waals surface area contributed by atoms with Crippen LogP contribution < -0.4 is 30.7 Å². The summed E-state index contributed by atoms with van der Waals surface area (Å²) in [5.74, 6) is 1.64. The SMILES string of the molecule is COc1cc2ccc1OCCNC(=O)CNCc1cccc(c1)Nc1nc(ncc1C#N)N2. The molecule has 10 nitrogen and oxygen atoms in total. The number of fused-ring (bicyclic) bond motifs is 9. The molecular formula is C23H23N7O3. The van der Waals surface area contributed by atoms with Crippen molar-refractivity contribution in [1.82, 2.24) is 20.6 Å². The summed E-state index contributed by atoms with van der Waals surface area (Å²) in [5.41, 5.74) is 2.73. The number of nitriles is 1. The van der Waals surface area contributed by atoms with Crippen LogP contribution >= 0.6 is 0 Å². The average molecular weight is 445 g/mol. The van der Waals surface area contributed by atoms with Gasteiger partial charge in [-0.05, 0) is 29.8 Å². The topological polar surface area (TPSA) is 133 Å². The van der Waals surface area contributed by atoms with Crippen LogP contribution in [0.15, 0.2) is 48.7 Å². The van der Waals surface area contributed by atoms with Crippen LogP contribution in [0.25, 0.3) is 0 Å². The van der Waals surface area contributed by atoms with Crippen LogP contribution in [-0.2, 0) is 11.3 Å². The second-order valence-corrected chi connectivity index (χ2v) is 7.19. The molecule has 0 unspecified atom stereocenters. The normalized spacial score (nSPS) is 14.0. The molecule has 10 heteroatoms. The molecule has 33 heavy (non-hydrogen) atoms. The predicted octanol–water partition coefficient (Wildman–Crippen LogP) is 2.44. The number of ether oxygens (including phenoxy) is 2. The number of nitrogens with one attached hydrogen (secondary N) is 4. The number of carbonyl (C=O) groups excluding carboxylic acids is 1. The van der Waals surface area contributed by atoms with Crippen molar-refractivity contribution in [3.8, 4) is 17.6 Å². The van der Waals surface area contributed by atoms with Crippen LogP contribution in [0.3, 0.4) is 0 Å². The number of nitrogens with zero attached hydrogens (tertiary/aromatic N) is 3. The van der Waals surface area contributed by atoms with Crippen LogP contribution in [0, 0.1) is 11.3 Å². The first-order valence-electron chi connectivity index (χ1n) is 10.3. The highest BCUT2D eigenvalue weighted by Gasteiger charge is 2.11. The van der Waals surface area contributed by atoms with Gasteiger partial charge in [-0.25, -0.2) is 4.98 Å². The Balaban J connectivity index is 1.67. The minimum absolute atomic E-state index is 0.124. The Hall–Kier alpha value is -4.36. The number of methoxy groups -OCH3 is 1. The van der Waals surface area contributed by atoms with Crippen LogP contribution in [0.5, 0.6) is 11.5 Å². The van der Waals surface area contributed by atoms with Crippen molar-refractivity contribution in [2.75, 3.05) is 37.4 Å². The quantitative estimate of drug-likeness (QED) is 0.417. The lowest BCUT2D eigenvalue weighted by Gasteiger charge is -2.14. The molecule has 0 spiro atoms. The van der Waals surface area contributed by atoms with Crippen molar-refractivity contribution in [3.63, 3.8) is 0 Å². The summed E-state index contributed by atoms with van der Waals surface area (Å²) in [6, 6.07) is 15.1. The Morgan fingerprint density at radius 2 is 2.00 bits per heavy atom. The first-order chi connectivity index (χ1) is 16.1. The smallest absolute Gasteiger partial charge is 0.234 e. The Kier molecular flexibility index (Phi) is 6.82. The Labute approximate surface area is 191 Å². The van der Waals surface area contributed by atoms with Gasteiger partial charge >= 0.3 is 0 Å². The molecule has 0 saturated carbocycles. The van der Waals surface area contributed by atoms with E-state index in [0.717, 1.165) is 11.3 Å². The van der Waals surface area contributed by atoms with Crippen molar-refractivity contribution >= 4 is 29.0 Å². The highest BCUT2D eigenvalue weighted by molar-refractivity contribution is 5.78. The summed E-state index contributed by atoms with van der Waals surface area (Å²) in [4.78, 5) is 20.8. The van der Waals surface area contributed by atoms with Crippen molar-refractivity contribution in [1.29, 1.82) is 5.26 Å². The Bertz CT molecular complexity index is 1190. The third-order valence-electron chi connectivity index (χ3n) is 4.82. The van der Waals surface area contributed by atoms with Crippen LogP contribution in [0.4, 0.5) is 23.1 Å². The summed E-state index contributed by atoms with van der Waals surface area (Å²) in [5, 5.41) is 21.7. The number of hydrogen-bond acceptors (Lipinski definition) is 9. The van der Waals surface area contributed by atoms with Gasteiger partial charge in [0, 0.05) is 24.0 Å². The van der Waals surface area contributed by atoms with Gasteiger partial charge in [0.15, 0.2) is 17.3 Å². The van der Waals surface area contributed by atoms with Gasteiger partial charge in [0.2, 0.25) is 11.9 Å². The molecule has 2 aliphatic heterocycles. The number of benzene rings is 2. The number of anilines is 4. The molecule has 0 saturated heterocycles. The molecule has 1 aromatic heterocycles. The number of hydrogen-bond donors (Lipinski definition) is 4. The molecule has 1 amide bonds. The van der Waals surface area contributed by atoms with E-state index in [0.29, 0.717) is 54.2 Å². The summed E-state index contributed by atoms with van der Waals surface area (Å²) in [6.45, 7) is 1.34. The average Bonchev–Trinajstić information content (AvgIpc) is 2.82. The van der Waals surface area contributed by atoms with Gasteiger partial charge in [-0.3, -0.25) is 4.79 Å². The van der Waals surface area contributed by atoms with Crippen molar-refractivity contribution in [3.05, 3.63) is 59.8 Å². The van der Waals surface area contributed by atoms with Gasteiger partial charge < -0.3 is 30.7 Å². The Morgan fingerprint density at radius 3 is 2.85 bits per heavy atom. The molecule has 5 rings (SSSR count). The number of carbonyl (C=O) groups is 1. The molecular weight excluding hydrogens is 422 g/mol. The van der Waals surface area contributed by atoms with Gasteiger partial charge in [-0.1, -0.05) is 12.1 Å². The number of amides is 1. The molecule has 0 radical (unpaired) electrons. The second kappa shape index (κ2) is 10.3. The largest absolute Gasteiger partial charge is 0.493 e. The molecule has 4 N–H and O–H groups in total. The highest BCUT2D eigenvalue weighted by Crippen LogP contribution is 2.31. The molecule has 6 bridgehead atoms. The van der Waals surface area contributed by atoms with E-state index < -0.39 is 0 Å². The van der Waals surface area contributed by atoms with E-state index in [-0.39, 0.29) is 12.5 Å². The molecule has 2 aromatic carbocycles. The minimum Gasteiger partial charge on any atom is -0.493 e. The van der Waals surface area contributed by atoms with E-state index in [1.807, 2.05) is 24.3 Å². The van der Waals surface area contributed by atoms with E-state index in [9.17, 15) is 10.1 Å². The lowest BCUT2D eigenvalue weighted by atomic mass is 10.2. The summed E-state index contributed by atoms with van der Waals surface area (Å²) >= 11 is 0. The standard InChI is InChI=1S/C23H23N7O3/c1-32-20-10-18-5-6-19(20)33-8-7-26-21(31)14-25-12-15-3-2-4-17(9-15)28-22-16(11-24)13-27-23(29-18)30-22/h2-6,9-10,13,25H,7-8,12,14H2,1H3,(H,26,31)(H2,27,28,29,30). The van der Waals surface area contributed by atoms with Crippen molar-refractivity contribution in [2.45, 2.75) is 6.54 Å². The monoisotopic (exact) mass is 445 g/mol. The number of aromatic nitrogens is 2. The zero-order chi connectivity index (χ0) is 23.0. The zero-order valence-electron chi connectivity index (χ0n) is 18.0. The maximum absolute atomic E-state index is 12.1. The second-order valence-electron chi connectivity index (χ2n) is 7.19. The van der Waals surface area contributed by atoms with Gasteiger partial charge in [0.25, 0.3) is 0 Å². The van der Waals surface area contributed by atoms with Gasteiger partial charge in [-0.15, -0.1) is 0 Å². The molecule has 2 aliphatic rings. The molecule has 0 atom stereocenters. The van der Waals surface area contributed by atoms with E-state index >= 15 is 0 Å². The maximum atomic E-state index is 12.1. The van der Waals surface area contributed by atoms with Crippen LogP contribution in [0.1, 0.15) is 11.1 Å². The maximum Gasteiger partial charge on any atom is 0.234 e. The first kappa shape index (κ1) is 21.9. The van der Waals surface area contributed by atoms with Gasteiger partial charge in [0.05, 0.1) is 26.4 Å². The third kappa shape index (κ3) is 5.66. The molecule has 0 fully saturated rings. The van der Waals surface area contributed by atoms with E-state index in [2.05, 4.69) is 37.3 Å². The lowest BCUT2D eigenvalue weighted by Crippen LogP contribution is -2.35. The van der Waals surface area contributed by atoms with E-state index in [4.69, 9.17) is 9.47 Å². The van der Waals surface area contributed by atoms with E-state index in [1.54, 1.807) is 25.3 Å². The number of rotatable bonds is 1. The molecule has 3 aromatic rings. The zero-order valence-corrected chi connectivity index (χ0v) is 18.0. The molecule has 0 aliphatic carbocycles. The fourth-order valence-corrected chi connectivity index (χ4v) is 3.24. The fraction of sp³-hybridized carbons (Fsp3) is 0.217. The molecule has 3 heterocycles. The van der Waals surface area contributed by atoms with Crippen molar-refractivity contribution in [2.24, 2.45) is 0 Å². The van der Waals surface area contributed by atoms with E-state index in [1.165, 1.54) is 6.20 Å². The molecule has 168 valence electrons. The van der Waals surface area contributed by atoms with Gasteiger partial charge in [-0.2, -0.15) is 10.2 Å². The summed E-state index contributed by atoms with van der Waals surface area (Å²) < 4.78 is 11.2. The highest BCUT2D eigenvalue weighted by atomic mass is 16.5. The minimum atomic E-state index is -0.124. The van der Waals surface area contributed by atoms with Crippen LogP contribution in [0.2, 0.25) is 0 Å². The lowest BCUT2D eigenvalue weighted by molar-refractivity contribution is -0.120. The van der Waals surface area contributed by atoms with Crippen molar-refractivity contribution < 1.29 is 14.3 Å². The fourth-order valence-electron chi connectivity index (χ4n) is 3.24. The van der Waals surface area contributed by atoms with Crippen LogP contribution in [-0.4, -0.2) is 42.7 Å². The third-order valence-corrected chi connectivity index (χ3v) is 4.82. The summed E-state index contributed by atoms with van der Waals surface area (Å²) in [6.07, 6.45) is 1.46.